The van der Waals surface area contributed by atoms with Gasteiger partial charge in [0.1, 0.15) is 5.76 Å². The van der Waals surface area contributed by atoms with Crippen molar-refractivity contribution in [3.05, 3.63) is 12.3 Å². The Hall–Kier alpha value is -0.830. The highest BCUT2D eigenvalue weighted by atomic mass is 16.6. The lowest BCUT2D eigenvalue weighted by Crippen LogP contribution is -2.11. The Morgan fingerprint density at radius 1 is 1.73 bits per heavy atom. The van der Waals surface area contributed by atoms with Gasteiger partial charge in [-0.15, -0.1) is 0 Å². The molecule has 1 saturated heterocycles. The van der Waals surface area contributed by atoms with Gasteiger partial charge in [-0.05, 0) is 6.92 Å². The maximum atomic E-state index is 11.0. The number of fused-ring (bicyclic) bond motifs is 1. The van der Waals surface area contributed by atoms with Crippen LogP contribution in [-0.2, 0) is 14.3 Å². The van der Waals surface area contributed by atoms with E-state index in [-0.39, 0.29) is 23.4 Å². The van der Waals surface area contributed by atoms with Gasteiger partial charge in [0.2, 0.25) is 0 Å². The highest BCUT2D eigenvalue weighted by Gasteiger charge is 2.74. The summed E-state index contributed by atoms with van der Waals surface area (Å²) in [5, 5.41) is 0. The van der Waals surface area contributed by atoms with E-state index < -0.39 is 0 Å². The Bertz CT molecular complexity index is 246. The summed E-state index contributed by atoms with van der Waals surface area (Å²) in [4.78, 5) is 11.0. The minimum Gasteiger partial charge on any atom is -0.431 e. The Morgan fingerprint density at radius 3 is 2.64 bits per heavy atom. The molecule has 3 heteroatoms. The van der Waals surface area contributed by atoms with E-state index in [0.29, 0.717) is 5.76 Å². The van der Waals surface area contributed by atoms with Gasteiger partial charge in [-0.3, -0.25) is 4.79 Å². The van der Waals surface area contributed by atoms with Crippen molar-refractivity contribution < 1.29 is 14.3 Å². The third-order valence-electron chi connectivity index (χ3n) is 2.76. The number of carbonyl (C=O) groups excluding carboxylic acids is 1. The maximum absolute atomic E-state index is 11.0. The molecule has 1 saturated carbocycles. The van der Waals surface area contributed by atoms with Crippen LogP contribution in [0.3, 0.4) is 0 Å². The normalized spacial score (nSPS) is 47.1. The Balaban J connectivity index is 2.31. The first-order valence-electron chi connectivity index (χ1n) is 3.56. The standard InChI is InChI=1S/C8H10O3/c1-4-8(2)5(6(8)10-3)7(9)11-4/h5-6H,1H2,2-3H3. The van der Waals surface area contributed by atoms with Gasteiger partial charge in [-0.2, -0.15) is 0 Å². The monoisotopic (exact) mass is 154 g/mol. The quantitative estimate of drug-likeness (QED) is 0.522. The van der Waals surface area contributed by atoms with Crippen LogP contribution in [-0.4, -0.2) is 19.2 Å². The molecule has 3 nitrogen and oxygen atoms in total. The van der Waals surface area contributed by atoms with E-state index in [9.17, 15) is 4.79 Å². The summed E-state index contributed by atoms with van der Waals surface area (Å²) in [6, 6.07) is 0. The van der Waals surface area contributed by atoms with Gasteiger partial charge in [-0.1, -0.05) is 6.58 Å². The summed E-state index contributed by atoms with van der Waals surface area (Å²) < 4.78 is 9.96. The van der Waals surface area contributed by atoms with E-state index in [1.54, 1.807) is 7.11 Å². The first-order valence-corrected chi connectivity index (χ1v) is 3.56. The second-order valence-electron chi connectivity index (χ2n) is 3.26. The minimum atomic E-state index is -0.230. The summed E-state index contributed by atoms with van der Waals surface area (Å²) in [7, 11) is 1.61. The van der Waals surface area contributed by atoms with Crippen molar-refractivity contribution in [2.24, 2.45) is 11.3 Å². The average Bonchev–Trinajstić information content (AvgIpc) is 2.49. The second kappa shape index (κ2) is 1.67. The molecule has 0 aromatic rings. The second-order valence-corrected chi connectivity index (χ2v) is 3.26. The van der Waals surface area contributed by atoms with Gasteiger partial charge in [0.15, 0.2) is 0 Å². The third-order valence-corrected chi connectivity index (χ3v) is 2.76. The summed E-state index contributed by atoms with van der Waals surface area (Å²) in [6.45, 7) is 5.62. The smallest absolute Gasteiger partial charge is 0.317 e. The molecule has 3 atom stereocenters. The zero-order valence-corrected chi connectivity index (χ0v) is 6.59. The Kier molecular flexibility index (Phi) is 1.04. The van der Waals surface area contributed by atoms with Crippen LogP contribution in [0, 0.1) is 11.3 Å². The molecular formula is C8H10O3. The average molecular weight is 154 g/mol. The Morgan fingerprint density at radius 2 is 2.36 bits per heavy atom. The molecule has 0 aromatic heterocycles. The van der Waals surface area contributed by atoms with Gasteiger partial charge in [-0.25, -0.2) is 0 Å². The van der Waals surface area contributed by atoms with Crippen molar-refractivity contribution in [1.29, 1.82) is 0 Å². The van der Waals surface area contributed by atoms with Crippen LogP contribution in [0.15, 0.2) is 12.3 Å². The van der Waals surface area contributed by atoms with Crippen LogP contribution in [0.5, 0.6) is 0 Å². The minimum absolute atomic E-state index is 0.00347. The molecule has 60 valence electrons. The first-order chi connectivity index (χ1) is 5.12. The lowest BCUT2D eigenvalue weighted by molar-refractivity contribution is -0.139. The molecule has 3 unspecified atom stereocenters. The van der Waals surface area contributed by atoms with Crippen LogP contribution in [0.4, 0.5) is 0 Å². The number of hydrogen-bond donors (Lipinski definition) is 0. The predicted octanol–water partition coefficient (Wildman–Crippen LogP) is 0.708. The molecule has 0 N–H and O–H groups in total. The largest absolute Gasteiger partial charge is 0.431 e. The third kappa shape index (κ3) is 0.554. The summed E-state index contributed by atoms with van der Waals surface area (Å²) in [6.07, 6.45) is -0.00347. The lowest BCUT2D eigenvalue weighted by atomic mass is 10.1. The first kappa shape index (κ1) is 6.85. The summed E-state index contributed by atoms with van der Waals surface area (Å²) in [5.74, 6) is 0.267. The predicted molar refractivity (Wildman–Crippen MR) is 37.6 cm³/mol. The highest BCUT2D eigenvalue weighted by Crippen LogP contribution is 2.63. The van der Waals surface area contributed by atoms with Crippen molar-refractivity contribution in [3.63, 3.8) is 0 Å². The van der Waals surface area contributed by atoms with Crippen LogP contribution in [0.2, 0.25) is 0 Å². The number of rotatable bonds is 1. The molecule has 0 aromatic carbocycles. The zero-order chi connectivity index (χ0) is 8.22. The van der Waals surface area contributed by atoms with Crippen LogP contribution in [0.1, 0.15) is 6.92 Å². The molecule has 2 fully saturated rings. The number of cyclic esters (lactones) is 1. The molecule has 0 radical (unpaired) electrons. The van der Waals surface area contributed by atoms with E-state index in [4.69, 9.17) is 9.47 Å². The fourth-order valence-corrected chi connectivity index (χ4v) is 1.85. The van der Waals surface area contributed by atoms with Crippen molar-refractivity contribution in [1.82, 2.24) is 0 Å². The fraction of sp³-hybridized carbons (Fsp3) is 0.625. The summed E-state index contributed by atoms with van der Waals surface area (Å²) in [5.41, 5.74) is -0.230. The fourth-order valence-electron chi connectivity index (χ4n) is 1.85. The van der Waals surface area contributed by atoms with E-state index in [1.165, 1.54) is 0 Å². The van der Waals surface area contributed by atoms with Crippen LogP contribution < -0.4 is 0 Å². The molecule has 0 bridgehead atoms. The summed E-state index contributed by atoms with van der Waals surface area (Å²) >= 11 is 0. The van der Waals surface area contributed by atoms with Gasteiger partial charge < -0.3 is 9.47 Å². The van der Waals surface area contributed by atoms with Crippen LogP contribution >= 0.6 is 0 Å². The number of esters is 1. The molecule has 11 heavy (non-hydrogen) atoms. The van der Waals surface area contributed by atoms with Gasteiger partial charge >= 0.3 is 5.97 Å². The molecule has 2 aliphatic rings. The Labute approximate surface area is 65.0 Å². The molecule has 1 aliphatic heterocycles. The van der Waals surface area contributed by atoms with Crippen molar-refractivity contribution in [3.8, 4) is 0 Å². The zero-order valence-electron chi connectivity index (χ0n) is 6.59. The van der Waals surface area contributed by atoms with Crippen LogP contribution in [0.25, 0.3) is 0 Å². The van der Waals surface area contributed by atoms with Crippen molar-refractivity contribution in [2.45, 2.75) is 13.0 Å². The molecule has 2 rings (SSSR count). The highest BCUT2D eigenvalue weighted by molar-refractivity contribution is 5.84. The van der Waals surface area contributed by atoms with E-state index in [2.05, 4.69) is 6.58 Å². The topological polar surface area (TPSA) is 35.5 Å². The van der Waals surface area contributed by atoms with E-state index >= 15 is 0 Å². The molecular weight excluding hydrogens is 144 g/mol. The van der Waals surface area contributed by atoms with E-state index in [0.717, 1.165) is 0 Å². The number of carbonyl (C=O) groups is 1. The van der Waals surface area contributed by atoms with Gasteiger partial charge in [0, 0.05) is 7.11 Å². The maximum Gasteiger partial charge on any atom is 0.317 e. The van der Waals surface area contributed by atoms with Crippen molar-refractivity contribution >= 4 is 5.97 Å². The number of ether oxygens (including phenoxy) is 2. The van der Waals surface area contributed by atoms with Gasteiger partial charge in [0.25, 0.3) is 0 Å². The van der Waals surface area contributed by atoms with Crippen molar-refractivity contribution in [2.75, 3.05) is 7.11 Å². The molecule has 1 heterocycles. The molecule has 0 spiro atoms. The SMILES string of the molecule is C=C1OC(=O)C2C(OC)C12C. The number of hydrogen-bond acceptors (Lipinski definition) is 3. The van der Waals surface area contributed by atoms with E-state index in [1.807, 2.05) is 6.92 Å². The number of methoxy groups -OCH3 is 1. The lowest BCUT2D eigenvalue weighted by Gasteiger charge is -2.08. The van der Waals surface area contributed by atoms with Gasteiger partial charge in [0.05, 0.1) is 17.4 Å². The molecule has 0 amide bonds. The molecule has 1 aliphatic carbocycles.